The number of hydrogen-bond donors (Lipinski definition) is 1. The lowest BCUT2D eigenvalue weighted by atomic mass is 10.1. The summed E-state index contributed by atoms with van der Waals surface area (Å²) >= 11 is 0. The molecule has 0 unspecified atom stereocenters. The maximum absolute atomic E-state index is 13.6. The van der Waals surface area contributed by atoms with Crippen LogP contribution in [0.25, 0.3) is 11.4 Å². The molecule has 96 valence electrons. The smallest absolute Gasteiger partial charge is 0.169 e. The monoisotopic (exact) mass is 256 g/mol. The van der Waals surface area contributed by atoms with E-state index in [4.69, 9.17) is 5.73 Å². The van der Waals surface area contributed by atoms with Gasteiger partial charge in [-0.3, -0.25) is 0 Å². The third-order valence-electron chi connectivity index (χ3n) is 2.56. The van der Waals surface area contributed by atoms with Gasteiger partial charge >= 0.3 is 0 Å². The van der Waals surface area contributed by atoms with E-state index in [1.807, 2.05) is 0 Å². The predicted octanol–water partition coefficient (Wildman–Crippen LogP) is 1.84. The summed E-state index contributed by atoms with van der Waals surface area (Å²) in [5.41, 5.74) is 5.05. The molecule has 2 N–H and O–H groups in total. The molecule has 7 heteroatoms. The second-order valence-corrected chi connectivity index (χ2v) is 3.63. The summed E-state index contributed by atoms with van der Waals surface area (Å²) in [6.45, 7) is 2.28. The van der Waals surface area contributed by atoms with Crippen LogP contribution in [-0.4, -0.2) is 14.8 Å². The van der Waals surface area contributed by atoms with Gasteiger partial charge in [-0.1, -0.05) is 0 Å². The van der Waals surface area contributed by atoms with Crippen molar-refractivity contribution in [3.05, 3.63) is 35.4 Å². The molecule has 4 nitrogen and oxygen atoms in total. The van der Waals surface area contributed by atoms with Gasteiger partial charge in [-0.05, 0) is 6.92 Å². The molecule has 0 fully saturated rings. The molecule has 2 aromatic rings. The largest absolute Gasteiger partial charge is 0.324 e. The molecular weight excluding hydrogens is 245 g/mol. The Morgan fingerprint density at radius 2 is 1.78 bits per heavy atom. The van der Waals surface area contributed by atoms with Crippen molar-refractivity contribution in [3.8, 4) is 11.4 Å². The van der Waals surface area contributed by atoms with Crippen molar-refractivity contribution in [3.63, 3.8) is 0 Å². The van der Waals surface area contributed by atoms with Crippen molar-refractivity contribution < 1.29 is 13.2 Å². The number of nitrogens with two attached hydrogens (primary N) is 1. The zero-order chi connectivity index (χ0) is 13.3. The molecule has 0 atom stereocenters. The van der Waals surface area contributed by atoms with E-state index in [9.17, 15) is 13.2 Å². The molecule has 0 aliphatic heterocycles. The van der Waals surface area contributed by atoms with E-state index in [2.05, 4.69) is 10.2 Å². The van der Waals surface area contributed by atoms with Crippen molar-refractivity contribution in [2.75, 3.05) is 0 Å². The van der Waals surface area contributed by atoms with E-state index >= 15 is 0 Å². The lowest BCUT2D eigenvalue weighted by molar-refractivity contribution is 0.544. The zero-order valence-electron chi connectivity index (χ0n) is 9.62. The Bertz CT molecular complexity index is 557. The SMILES string of the molecule is CCn1c(CN)nnc1-c1c(F)cc(F)cc1F. The molecule has 0 saturated carbocycles. The molecule has 0 saturated heterocycles. The standard InChI is InChI=1S/C11H11F3N4/c1-2-18-9(5-15)16-17-11(18)10-7(13)3-6(12)4-8(10)14/h3-4H,2,5,15H2,1H3. The molecule has 18 heavy (non-hydrogen) atoms. The molecule has 0 radical (unpaired) electrons. The van der Waals surface area contributed by atoms with Gasteiger partial charge < -0.3 is 10.3 Å². The van der Waals surface area contributed by atoms with E-state index in [0.29, 0.717) is 24.5 Å². The number of halogens is 3. The normalized spacial score (nSPS) is 10.9. The van der Waals surface area contributed by atoms with Crippen LogP contribution in [0.5, 0.6) is 0 Å². The number of benzene rings is 1. The molecule has 0 aliphatic carbocycles. The molecular formula is C11H11F3N4. The first-order chi connectivity index (χ1) is 8.58. The first-order valence-electron chi connectivity index (χ1n) is 5.35. The molecule has 1 aromatic heterocycles. The summed E-state index contributed by atoms with van der Waals surface area (Å²) in [7, 11) is 0. The highest BCUT2D eigenvalue weighted by Gasteiger charge is 2.20. The van der Waals surface area contributed by atoms with Crippen molar-refractivity contribution >= 4 is 0 Å². The third kappa shape index (κ3) is 1.97. The van der Waals surface area contributed by atoms with E-state index in [0.717, 1.165) is 0 Å². The average Bonchev–Trinajstić information content (AvgIpc) is 2.70. The van der Waals surface area contributed by atoms with Gasteiger partial charge in [0.15, 0.2) is 5.82 Å². The zero-order valence-corrected chi connectivity index (χ0v) is 9.62. The predicted molar refractivity (Wildman–Crippen MR) is 58.9 cm³/mol. The topological polar surface area (TPSA) is 56.7 Å². The highest BCUT2D eigenvalue weighted by molar-refractivity contribution is 5.57. The first-order valence-corrected chi connectivity index (χ1v) is 5.35. The van der Waals surface area contributed by atoms with Crippen molar-refractivity contribution in [2.45, 2.75) is 20.0 Å². The fraction of sp³-hybridized carbons (Fsp3) is 0.273. The molecule has 1 heterocycles. The third-order valence-corrected chi connectivity index (χ3v) is 2.56. The van der Waals surface area contributed by atoms with Crippen LogP contribution >= 0.6 is 0 Å². The van der Waals surface area contributed by atoms with Crippen LogP contribution in [0.2, 0.25) is 0 Å². The minimum absolute atomic E-state index is 0.00736. The molecule has 0 aliphatic rings. The molecule has 2 rings (SSSR count). The maximum atomic E-state index is 13.6. The van der Waals surface area contributed by atoms with Gasteiger partial charge in [0.05, 0.1) is 12.1 Å². The van der Waals surface area contributed by atoms with Gasteiger partial charge in [-0.25, -0.2) is 13.2 Å². The fourth-order valence-corrected chi connectivity index (χ4v) is 1.76. The van der Waals surface area contributed by atoms with E-state index in [-0.39, 0.29) is 12.4 Å². The Labute approximate surface area is 101 Å². The summed E-state index contributed by atoms with van der Waals surface area (Å²) in [4.78, 5) is 0. The van der Waals surface area contributed by atoms with Gasteiger partial charge in [-0.2, -0.15) is 0 Å². The molecule has 0 spiro atoms. The summed E-state index contributed by atoms with van der Waals surface area (Å²) in [5.74, 6) is -2.59. The van der Waals surface area contributed by atoms with Crippen LogP contribution in [0, 0.1) is 17.5 Å². The highest BCUT2D eigenvalue weighted by Crippen LogP contribution is 2.26. The van der Waals surface area contributed by atoms with Gasteiger partial charge in [-0.15, -0.1) is 10.2 Å². The van der Waals surface area contributed by atoms with Gasteiger partial charge in [0, 0.05) is 18.7 Å². The number of nitrogens with zero attached hydrogens (tertiary/aromatic N) is 3. The van der Waals surface area contributed by atoms with E-state index < -0.39 is 23.0 Å². The Morgan fingerprint density at radius 1 is 1.17 bits per heavy atom. The number of hydrogen-bond acceptors (Lipinski definition) is 3. The van der Waals surface area contributed by atoms with Crippen molar-refractivity contribution in [1.82, 2.24) is 14.8 Å². The Balaban J connectivity index is 2.66. The molecule has 0 bridgehead atoms. The van der Waals surface area contributed by atoms with E-state index in [1.165, 1.54) is 4.57 Å². The Hall–Kier alpha value is -1.89. The first kappa shape index (κ1) is 12.6. The van der Waals surface area contributed by atoms with Crippen LogP contribution in [0.4, 0.5) is 13.2 Å². The van der Waals surface area contributed by atoms with Gasteiger partial charge in [0.2, 0.25) is 0 Å². The minimum atomic E-state index is -1.02. The summed E-state index contributed by atoms with van der Waals surface area (Å²) in [5, 5.41) is 7.46. The Kier molecular flexibility index (Phi) is 3.33. The van der Waals surface area contributed by atoms with Crippen molar-refractivity contribution in [1.29, 1.82) is 0 Å². The minimum Gasteiger partial charge on any atom is -0.324 e. The van der Waals surface area contributed by atoms with Crippen LogP contribution < -0.4 is 5.73 Å². The van der Waals surface area contributed by atoms with Crippen LogP contribution in [0.3, 0.4) is 0 Å². The van der Waals surface area contributed by atoms with Crippen LogP contribution in [0.15, 0.2) is 12.1 Å². The number of aromatic nitrogens is 3. The van der Waals surface area contributed by atoms with E-state index in [1.54, 1.807) is 6.92 Å². The van der Waals surface area contributed by atoms with Crippen molar-refractivity contribution in [2.24, 2.45) is 5.73 Å². The Morgan fingerprint density at radius 3 is 2.28 bits per heavy atom. The second kappa shape index (κ2) is 4.77. The quantitative estimate of drug-likeness (QED) is 0.911. The average molecular weight is 256 g/mol. The summed E-state index contributed by atoms with van der Waals surface area (Å²) < 4.78 is 41.6. The molecule has 1 aromatic carbocycles. The highest BCUT2D eigenvalue weighted by atomic mass is 19.1. The number of rotatable bonds is 3. The summed E-state index contributed by atoms with van der Waals surface area (Å²) in [6.07, 6.45) is 0. The van der Waals surface area contributed by atoms with Crippen LogP contribution in [0.1, 0.15) is 12.7 Å². The maximum Gasteiger partial charge on any atom is 0.169 e. The lowest BCUT2D eigenvalue weighted by Crippen LogP contribution is -2.09. The fourth-order valence-electron chi connectivity index (χ4n) is 1.76. The molecule has 0 amide bonds. The summed E-state index contributed by atoms with van der Waals surface area (Å²) in [6, 6.07) is 1.21. The van der Waals surface area contributed by atoms with Gasteiger partial charge in [0.25, 0.3) is 0 Å². The van der Waals surface area contributed by atoms with Crippen LogP contribution in [-0.2, 0) is 13.1 Å². The second-order valence-electron chi connectivity index (χ2n) is 3.63. The van der Waals surface area contributed by atoms with Gasteiger partial charge in [0.1, 0.15) is 23.3 Å². The lowest BCUT2D eigenvalue weighted by Gasteiger charge is -2.08.